The molecule has 0 radical (unpaired) electrons. The van der Waals surface area contributed by atoms with Crippen LogP contribution in [0.3, 0.4) is 0 Å². The average Bonchev–Trinajstić information content (AvgIpc) is 3.08. The van der Waals surface area contributed by atoms with Gasteiger partial charge in [-0.3, -0.25) is 0 Å². The van der Waals surface area contributed by atoms with E-state index in [1.54, 1.807) is 30.3 Å². The van der Waals surface area contributed by atoms with Gasteiger partial charge in [0.05, 0.1) is 10.9 Å². The van der Waals surface area contributed by atoms with Gasteiger partial charge in [0, 0.05) is 9.35 Å². The van der Waals surface area contributed by atoms with Crippen LogP contribution < -0.4 is 4.72 Å². The first-order valence-electron chi connectivity index (χ1n) is 7.02. The highest BCUT2D eigenvalue weighted by Gasteiger charge is 2.23. The van der Waals surface area contributed by atoms with Crippen molar-refractivity contribution in [2.75, 3.05) is 0 Å². The number of nitrogens with one attached hydrogen (secondary N) is 1. The summed E-state index contributed by atoms with van der Waals surface area (Å²) in [5.74, 6) is -0.362. The highest BCUT2D eigenvalue weighted by atomic mass is 79.9. The number of halogens is 2. The lowest BCUT2D eigenvalue weighted by Crippen LogP contribution is -2.29. The van der Waals surface area contributed by atoms with Gasteiger partial charge in [-0.25, -0.2) is 12.8 Å². The fraction of sp³-hybridized carbons (Fsp3) is 0.0588. The topological polar surface area (TPSA) is 46.2 Å². The SMILES string of the molecule is O=S(=O)(N[C@@H](c1ccc(F)cc1)c1cccs1)c1cccc(Br)c1. The van der Waals surface area contributed by atoms with E-state index >= 15 is 0 Å². The van der Waals surface area contributed by atoms with Gasteiger partial charge in [-0.05, 0) is 47.3 Å². The Bertz CT molecular complexity index is 925. The summed E-state index contributed by atoms with van der Waals surface area (Å²) in [6.45, 7) is 0. The van der Waals surface area contributed by atoms with Gasteiger partial charge in [-0.2, -0.15) is 4.72 Å². The maximum atomic E-state index is 13.2. The summed E-state index contributed by atoms with van der Waals surface area (Å²) in [6.07, 6.45) is 0. The van der Waals surface area contributed by atoms with Crippen LogP contribution in [0.4, 0.5) is 4.39 Å². The first kappa shape index (κ1) is 17.3. The molecule has 24 heavy (non-hydrogen) atoms. The van der Waals surface area contributed by atoms with Crippen LogP contribution in [0.2, 0.25) is 0 Å². The molecule has 0 saturated heterocycles. The van der Waals surface area contributed by atoms with Crippen molar-refractivity contribution in [1.29, 1.82) is 0 Å². The Kier molecular flexibility index (Phi) is 5.15. The number of sulfonamides is 1. The highest BCUT2D eigenvalue weighted by Crippen LogP contribution is 2.28. The minimum absolute atomic E-state index is 0.167. The van der Waals surface area contributed by atoms with Gasteiger partial charge >= 0.3 is 0 Å². The van der Waals surface area contributed by atoms with Crippen LogP contribution in [0.15, 0.2) is 75.4 Å². The zero-order valence-corrected chi connectivity index (χ0v) is 15.5. The zero-order chi connectivity index (χ0) is 17.2. The van der Waals surface area contributed by atoms with Crippen molar-refractivity contribution >= 4 is 37.3 Å². The lowest BCUT2D eigenvalue weighted by Gasteiger charge is -2.18. The third kappa shape index (κ3) is 3.92. The molecule has 0 bridgehead atoms. The minimum Gasteiger partial charge on any atom is -0.207 e. The fourth-order valence-electron chi connectivity index (χ4n) is 2.26. The molecule has 7 heteroatoms. The first-order valence-corrected chi connectivity index (χ1v) is 10.2. The molecule has 0 aliphatic rings. The number of hydrogen-bond donors (Lipinski definition) is 1. The minimum atomic E-state index is -3.73. The number of hydrogen-bond acceptors (Lipinski definition) is 3. The second kappa shape index (κ2) is 7.14. The quantitative estimate of drug-likeness (QED) is 0.642. The van der Waals surface area contributed by atoms with Gasteiger partial charge in [-0.15, -0.1) is 11.3 Å². The fourth-order valence-corrected chi connectivity index (χ4v) is 4.94. The molecule has 1 atom stereocenters. The van der Waals surface area contributed by atoms with E-state index in [0.29, 0.717) is 10.0 Å². The van der Waals surface area contributed by atoms with Gasteiger partial charge in [0.2, 0.25) is 10.0 Å². The number of thiophene rings is 1. The molecule has 0 amide bonds. The molecule has 0 aliphatic heterocycles. The lowest BCUT2D eigenvalue weighted by molar-refractivity contribution is 0.573. The van der Waals surface area contributed by atoms with Crippen LogP contribution in [-0.2, 0) is 10.0 Å². The predicted octanol–water partition coefficient (Wildman–Crippen LogP) is 4.72. The van der Waals surface area contributed by atoms with E-state index in [9.17, 15) is 12.8 Å². The van der Waals surface area contributed by atoms with Gasteiger partial charge in [-0.1, -0.05) is 40.2 Å². The predicted molar refractivity (Wildman–Crippen MR) is 97.0 cm³/mol. The molecule has 0 spiro atoms. The van der Waals surface area contributed by atoms with Crippen molar-refractivity contribution in [3.05, 3.63) is 86.8 Å². The highest BCUT2D eigenvalue weighted by molar-refractivity contribution is 9.10. The van der Waals surface area contributed by atoms with E-state index in [4.69, 9.17) is 0 Å². The van der Waals surface area contributed by atoms with Gasteiger partial charge in [0.15, 0.2) is 0 Å². The van der Waals surface area contributed by atoms with Crippen LogP contribution in [-0.4, -0.2) is 8.42 Å². The van der Waals surface area contributed by atoms with Crippen LogP contribution in [0.5, 0.6) is 0 Å². The van der Waals surface area contributed by atoms with E-state index < -0.39 is 16.1 Å². The normalized spacial score (nSPS) is 12.9. The molecule has 124 valence electrons. The Morgan fingerprint density at radius 3 is 2.42 bits per heavy atom. The third-order valence-corrected chi connectivity index (χ3v) is 6.26. The molecular formula is C17H13BrFNO2S2. The Labute approximate surface area is 152 Å². The van der Waals surface area contributed by atoms with Crippen LogP contribution in [0, 0.1) is 5.82 Å². The van der Waals surface area contributed by atoms with Gasteiger partial charge < -0.3 is 0 Å². The van der Waals surface area contributed by atoms with Crippen molar-refractivity contribution in [2.45, 2.75) is 10.9 Å². The van der Waals surface area contributed by atoms with Gasteiger partial charge in [0.1, 0.15) is 5.82 Å². The molecule has 1 aromatic heterocycles. The Balaban J connectivity index is 1.99. The summed E-state index contributed by atoms with van der Waals surface area (Å²) < 4.78 is 42.1. The summed E-state index contributed by atoms with van der Waals surface area (Å²) in [5, 5.41) is 1.87. The Hall–Kier alpha value is -1.54. The second-order valence-electron chi connectivity index (χ2n) is 5.08. The largest absolute Gasteiger partial charge is 0.241 e. The second-order valence-corrected chi connectivity index (χ2v) is 8.69. The van der Waals surface area contributed by atoms with Crippen molar-refractivity contribution in [3.8, 4) is 0 Å². The van der Waals surface area contributed by atoms with Crippen LogP contribution >= 0.6 is 27.3 Å². The maximum absolute atomic E-state index is 13.2. The Morgan fingerprint density at radius 2 is 1.79 bits per heavy atom. The standard InChI is InChI=1S/C17H13BrFNO2S2/c18-13-3-1-4-15(11-13)24(21,22)20-17(16-5-2-10-23-16)12-6-8-14(19)9-7-12/h1-11,17,20H/t17-/m0/s1. The summed E-state index contributed by atoms with van der Waals surface area (Å²) >= 11 is 4.72. The molecule has 3 rings (SSSR count). The van der Waals surface area contributed by atoms with Gasteiger partial charge in [0.25, 0.3) is 0 Å². The average molecular weight is 426 g/mol. The zero-order valence-electron chi connectivity index (χ0n) is 12.3. The molecule has 3 aromatic rings. The molecule has 0 unspecified atom stereocenters. The number of rotatable bonds is 5. The molecule has 0 saturated carbocycles. The monoisotopic (exact) mass is 425 g/mol. The van der Waals surface area contributed by atoms with E-state index in [2.05, 4.69) is 20.7 Å². The summed E-state index contributed by atoms with van der Waals surface area (Å²) in [7, 11) is -3.73. The molecule has 3 nitrogen and oxygen atoms in total. The summed E-state index contributed by atoms with van der Waals surface area (Å²) in [4.78, 5) is 1.00. The van der Waals surface area contributed by atoms with E-state index in [0.717, 1.165) is 4.88 Å². The maximum Gasteiger partial charge on any atom is 0.241 e. The van der Waals surface area contributed by atoms with E-state index in [-0.39, 0.29) is 10.7 Å². The lowest BCUT2D eigenvalue weighted by atomic mass is 10.1. The molecular weight excluding hydrogens is 413 g/mol. The van der Waals surface area contributed by atoms with E-state index in [1.807, 2.05) is 17.5 Å². The molecule has 0 fully saturated rings. The smallest absolute Gasteiger partial charge is 0.207 e. The van der Waals surface area contributed by atoms with Crippen LogP contribution in [0.1, 0.15) is 16.5 Å². The Morgan fingerprint density at radius 1 is 1.04 bits per heavy atom. The molecule has 2 aromatic carbocycles. The molecule has 1 N–H and O–H groups in total. The van der Waals surface area contributed by atoms with E-state index in [1.165, 1.54) is 29.5 Å². The molecule has 1 heterocycles. The summed E-state index contributed by atoms with van der Waals surface area (Å²) in [6, 6.07) is 15.4. The first-order chi connectivity index (χ1) is 11.5. The number of benzene rings is 2. The van der Waals surface area contributed by atoms with Crippen molar-refractivity contribution in [2.24, 2.45) is 0 Å². The summed E-state index contributed by atoms with van der Waals surface area (Å²) in [5.41, 5.74) is 0.678. The van der Waals surface area contributed by atoms with Crippen molar-refractivity contribution < 1.29 is 12.8 Å². The van der Waals surface area contributed by atoms with Crippen LogP contribution in [0.25, 0.3) is 0 Å². The van der Waals surface area contributed by atoms with Crippen molar-refractivity contribution in [1.82, 2.24) is 4.72 Å². The molecule has 0 aliphatic carbocycles. The third-order valence-electron chi connectivity index (χ3n) is 3.41. The van der Waals surface area contributed by atoms with Crippen molar-refractivity contribution in [3.63, 3.8) is 0 Å².